The first-order chi connectivity index (χ1) is 9.88. The van der Waals surface area contributed by atoms with Gasteiger partial charge in [-0.25, -0.2) is 9.18 Å². The van der Waals surface area contributed by atoms with Crippen molar-refractivity contribution in [2.24, 2.45) is 0 Å². The first kappa shape index (κ1) is 15.6. The second-order valence-electron chi connectivity index (χ2n) is 5.17. The van der Waals surface area contributed by atoms with Crippen molar-refractivity contribution >= 4 is 6.03 Å². The van der Waals surface area contributed by atoms with Crippen LogP contribution in [0.3, 0.4) is 0 Å². The fraction of sp³-hybridized carbons (Fsp3) is 0.500. The molecule has 116 valence electrons. The lowest BCUT2D eigenvalue weighted by Gasteiger charge is -2.32. The summed E-state index contributed by atoms with van der Waals surface area (Å²) in [6.07, 6.45) is 0. The zero-order chi connectivity index (χ0) is 15.5. The van der Waals surface area contributed by atoms with E-state index in [9.17, 15) is 18.0 Å². The number of hydrogen-bond acceptors (Lipinski definition) is 2. The molecule has 0 aliphatic carbocycles. The maximum Gasteiger partial charge on any atom is 0.317 e. The molecule has 1 fully saturated rings. The van der Waals surface area contributed by atoms with Crippen molar-refractivity contribution in [3.63, 3.8) is 0 Å². The van der Waals surface area contributed by atoms with Crippen LogP contribution in [0.2, 0.25) is 0 Å². The van der Waals surface area contributed by atoms with Crippen molar-refractivity contribution in [2.75, 3.05) is 26.2 Å². The molecule has 0 saturated carbocycles. The van der Waals surface area contributed by atoms with Crippen molar-refractivity contribution in [3.05, 3.63) is 35.6 Å². The molecule has 4 nitrogen and oxygen atoms in total. The lowest BCUT2D eigenvalue weighted by molar-refractivity contribution is -0.00183. The number of urea groups is 1. The van der Waals surface area contributed by atoms with E-state index >= 15 is 0 Å². The molecule has 0 aromatic heterocycles. The molecule has 1 heterocycles. The number of piperazine rings is 1. The Labute approximate surface area is 121 Å². The van der Waals surface area contributed by atoms with Crippen LogP contribution in [-0.2, 0) is 5.92 Å². The predicted octanol–water partition coefficient (Wildman–Crippen LogP) is 1.92. The van der Waals surface area contributed by atoms with Crippen molar-refractivity contribution < 1.29 is 18.0 Å². The summed E-state index contributed by atoms with van der Waals surface area (Å²) in [5.41, 5.74) is -0.321. The maximum absolute atomic E-state index is 13.9. The third kappa shape index (κ3) is 4.10. The molecule has 1 aliphatic heterocycles. The number of rotatable bonds is 3. The Morgan fingerprint density at radius 2 is 2.10 bits per heavy atom. The van der Waals surface area contributed by atoms with Gasteiger partial charge in [-0.2, -0.15) is 8.78 Å². The smallest absolute Gasteiger partial charge is 0.317 e. The highest BCUT2D eigenvalue weighted by molar-refractivity contribution is 5.74. The van der Waals surface area contributed by atoms with Gasteiger partial charge < -0.3 is 15.5 Å². The van der Waals surface area contributed by atoms with Gasteiger partial charge >= 0.3 is 6.03 Å². The van der Waals surface area contributed by atoms with Gasteiger partial charge in [0.15, 0.2) is 0 Å². The Kier molecular flexibility index (Phi) is 4.72. The fourth-order valence-electron chi connectivity index (χ4n) is 2.21. The van der Waals surface area contributed by atoms with Crippen molar-refractivity contribution in [1.82, 2.24) is 15.5 Å². The molecule has 0 spiro atoms. The highest BCUT2D eigenvalue weighted by Crippen LogP contribution is 2.27. The predicted molar refractivity (Wildman–Crippen MR) is 72.7 cm³/mol. The Balaban J connectivity index is 1.91. The zero-order valence-corrected chi connectivity index (χ0v) is 11.7. The van der Waals surface area contributed by atoms with E-state index in [1.54, 1.807) is 0 Å². The van der Waals surface area contributed by atoms with Crippen LogP contribution in [0.1, 0.15) is 12.5 Å². The van der Waals surface area contributed by atoms with Gasteiger partial charge in [-0.1, -0.05) is 12.1 Å². The van der Waals surface area contributed by atoms with E-state index in [0.29, 0.717) is 19.6 Å². The second-order valence-corrected chi connectivity index (χ2v) is 5.17. The van der Waals surface area contributed by atoms with E-state index in [0.717, 1.165) is 24.3 Å². The van der Waals surface area contributed by atoms with Crippen molar-refractivity contribution in [2.45, 2.75) is 18.9 Å². The topological polar surface area (TPSA) is 44.4 Å². The van der Waals surface area contributed by atoms with Crippen LogP contribution in [-0.4, -0.2) is 43.2 Å². The Morgan fingerprint density at radius 3 is 2.71 bits per heavy atom. The molecule has 0 bridgehead atoms. The van der Waals surface area contributed by atoms with Gasteiger partial charge in [-0.05, 0) is 19.1 Å². The van der Waals surface area contributed by atoms with Gasteiger partial charge in [-0.15, -0.1) is 0 Å². The van der Waals surface area contributed by atoms with Gasteiger partial charge in [0.1, 0.15) is 5.82 Å². The first-order valence-corrected chi connectivity index (χ1v) is 6.78. The lowest BCUT2D eigenvalue weighted by Crippen LogP contribution is -2.55. The van der Waals surface area contributed by atoms with E-state index in [4.69, 9.17) is 0 Å². The molecule has 0 radical (unpaired) electrons. The third-order valence-corrected chi connectivity index (χ3v) is 3.38. The third-order valence-electron chi connectivity index (χ3n) is 3.38. The van der Waals surface area contributed by atoms with Gasteiger partial charge in [0.05, 0.1) is 6.54 Å². The summed E-state index contributed by atoms with van der Waals surface area (Å²) in [7, 11) is 0. The second kappa shape index (κ2) is 6.34. The van der Waals surface area contributed by atoms with Crippen molar-refractivity contribution in [3.8, 4) is 0 Å². The highest BCUT2D eigenvalue weighted by atomic mass is 19.3. The SMILES string of the molecule is C[C@H]1CN(C(=O)NCC(F)(F)c2ccc(F)cc2)CCN1. The minimum atomic E-state index is -3.23. The summed E-state index contributed by atoms with van der Waals surface area (Å²) in [5.74, 6) is -3.81. The number of amides is 2. The van der Waals surface area contributed by atoms with Crippen molar-refractivity contribution in [1.29, 1.82) is 0 Å². The van der Waals surface area contributed by atoms with Crippen LogP contribution in [0, 0.1) is 5.82 Å². The molecule has 1 aromatic rings. The summed E-state index contributed by atoms with van der Waals surface area (Å²) in [5, 5.41) is 5.41. The van der Waals surface area contributed by atoms with Crippen LogP contribution in [0.25, 0.3) is 0 Å². The molecule has 1 aliphatic rings. The monoisotopic (exact) mass is 301 g/mol. The molecule has 1 saturated heterocycles. The average molecular weight is 301 g/mol. The number of nitrogens with zero attached hydrogens (tertiary/aromatic N) is 1. The van der Waals surface area contributed by atoms with E-state index < -0.39 is 24.3 Å². The molecule has 21 heavy (non-hydrogen) atoms. The Hall–Kier alpha value is -1.76. The number of benzene rings is 1. The molecule has 2 rings (SSSR count). The maximum atomic E-state index is 13.9. The largest absolute Gasteiger partial charge is 0.332 e. The number of hydrogen-bond donors (Lipinski definition) is 2. The van der Waals surface area contributed by atoms with E-state index in [2.05, 4.69) is 10.6 Å². The van der Waals surface area contributed by atoms with Gasteiger partial charge in [0.2, 0.25) is 0 Å². The number of alkyl halides is 2. The van der Waals surface area contributed by atoms with Gasteiger partial charge in [0, 0.05) is 31.2 Å². The van der Waals surface area contributed by atoms with Crippen LogP contribution in [0.5, 0.6) is 0 Å². The number of nitrogens with one attached hydrogen (secondary N) is 2. The quantitative estimate of drug-likeness (QED) is 0.896. The first-order valence-electron chi connectivity index (χ1n) is 6.78. The normalized spacial score (nSPS) is 19.4. The summed E-state index contributed by atoms with van der Waals surface area (Å²) in [6.45, 7) is 2.72. The van der Waals surface area contributed by atoms with Gasteiger partial charge in [-0.3, -0.25) is 0 Å². The van der Waals surface area contributed by atoms with E-state index in [1.165, 1.54) is 4.90 Å². The highest BCUT2D eigenvalue weighted by Gasteiger charge is 2.33. The Morgan fingerprint density at radius 1 is 1.43 bits per heavy atom. The number of carbonyl (C=O) groups excluding carboxylic acids is 1. The van der Waals surface area contributed by atoms with Crippen LogP contribution >= 0.6 is 0 Å². The number of halogens is 3. The van der Waals surface area contributed by atoms with Gasteiger partial charge in [0.25, 0.3) is 5.92 Å². The molecule has 1 atom stereocenters. The minimum Gasteiger partial charge on any atom is -0.332 e. The lowest BCUT2D eigenvalue weighted by atomic mass is 10.1. The molecule has 0 unspecified atom stereocenters. The standard InChI is InChI=1S/C14H18F3N3O/c1-10-8-20(7-6-18-10)13(21)19-9-14(16,17)11-2-4-12(15)5-3-11/h2-5,10,18H,6-9H2,1H3,(H,19,21)/t10-/m0/s1. The average Bonchev–Trinajstić information content (AvgIpc) is 2.45. The van der Waals surface area contributed by atoms with Crippen LogP contribution in [0.15, 0.2) is 24.3 Å². The molecular weight excluding hydrogens is 283 g/mol. The van der Waals surface area contributed by atoms with Crippen LogP contribution < -0.4 is 10.6 Å². The zero-order valence-electron chi connectivity index (χ0n) is 11.7. The van der Waals surface area contributed by atoms with E-state index in [-0.39, 0.29) is 11.6 Å². The molecule has 1 aromatic carbocycles. The molecule has 2 amide bonds. The summed E-state index contributed by atoms with van der Waals surface area (Å²) < 4.78 is 40.6. The minimum absolute atomic E-state index is 0.141. The summed E-state index contributed by atoms with van der Waals surface area (Å²) in [6, 6.07) is 3.63. The fourth-order valence-corrected chi connectivity index (χ4v) is 2.21. The Bertz CT molecular complexity index is 493. The molecule has 2 N–H and O–H groups in total. The van der Waals surface area contributed by atoms with Crippen LogP contribution in [0.4, 0.5) is 18.0 Å². The summed E-state index contributed by atoms with van der Waals surface area (Å²) in [4.78, 5) is 13.4. The molecule has 7 heteroatoms. The summed E-state index contributed by atoms with van der Waals surface area (Å²) >= 11 is 0. The number of carbonyl (C=O) groups is 1. The molecular formula is C14H18F3N3O. The van der Waals surface area contributed by atoms with E-state index in [1.807, 2.05) is 6.92 Å².